The fraction of sp³-hybridized carbons (Fsp3) is 0.667. The Morgan fingerprint density at radius 1 is 1.57 bits per heavy atom. The number of rotatable bonds is 5. The first kappa shape index (κ1) is 10.9. The maximum absolute atomic E-state index is 10.5. The van der Waals surface area contributed by atoms with Crippen molar-refractivity contribution in [2.24, 2.45) is 5.14 Å². The Hall–Kier alpha value is -1.15. The Morgan fingerprint density at radius 2 is 2.29 bits per heavy atom. The SMILES string of the molecule is Cc1noc(NCCCS(N)(=O)=O)n1. The van der Waals surface area contributed by atoms with Crippen molar-refractivity contribution >= 4 is 16.0 Å². The van der Waals surface area contributed by atoms with Gasteiger partial charge in [0, 0.05) is 6.54 Å². The van der Waals surface area contributed by atoms with Crippen LogP contribution in [0.25, 0.3) is 0 Å². The molecule has 0 unspecified atom stereocenters. The summed E-state index contributed by atoms with van der Waals surface area (Å²) in [5.41, 5.74) is 0. The lowest BCUT2D eigenvalue weighted by Crippen LogP contribution is -2.18. The molecule has 80 valence electrons. The number of nitrogens with two attached hydrogens (primary N) is 1. The summed E-state index contributed by atoms with van der Waals surface area (Å²) in [5, 5.41) is 11.1. The van der Waals surface area contributed by atoms with Gasteiger partial charge in [-0.1, -0.05) is 5.16 Å². The smallest absolute Gasteiger partial charge is 0.321 e. The summed E-state index contributed by atoms with van der Waals surface area (Å²) in [5.74, 6) is 0.464. The van der Waals surface area contributed by atoms with Crippen molar-refractivity contribution in [3.8, 4) is 0 Å². The summed E-state index contributed by atoms with van der Waals surface area (Å²) in [6.45, 7) is 2.12. The van der Waals surface area contributed by atoms with E-state index in [0.717, 1.165) is 0 Å². The molecule has 0 radical (unpaired) electrons. The zero-order chi connectivity index (χ0) is 10.6. The third-order valence-electron chi connectivity index (χ3n) is 1.41. The summed E-state index contributed by atoms with van der Waals surface area (Å²) in [6, 6.07) is 0.289. The lowest BCUT2D eigenvalue weighted by Gasteiger charge is -1.98. The topological polar surface area (TPSA) is 111 Å². The average molecular weight is 220 g/mol. The fourth-order valence-electron chi connectivity index (χ4n) is 0.838. The zero-order valence-electron chi connectivity index (χ0n) is 7.73. The van der Waals surface area contributed by atoms with Crippen LogP contribution in [0.1, 0.15) is 12.2 Å². The van der Waals surface area contributed by atoms with Crippen LogP contribution in [0.4, 0.5) is 6.01 Å². The van der Waals surface area contributed by atoms with Gasteiger partial charge in [-0.05, 0) is 13.3 Å². The predicted molar refractivity (Wildman–Crippen MR) is 50.1 cm³/mol. The zero-order valence-corrected chi connectivity index (χ0v) is 8.54. The lowest BCUT2D eigenvalue weighted by atomic mass is 10.5. The molecule has 0 aliphatic rings. The van der Waals surface area contributed by atoms with E-state index in [1.807, 2.05) is 0 Å². The molecule has 0 aliphatic carbocycles. The maximum Gasteiger partial charge on any atom is 0.321 e. The third kappa shape index (κ3) is 4.19. The van der Waals surface area contributed by atoms with Crippen LogP contribution in [-0.4, -0.2) is 30.9 Å². The third-order valence-corrected chi connectivity index (χ3v) is 2.27. The van der Waals surface area contributed by atoms with Crippen LogP contribution >= 0.6 is 0 Å². The molecule has 0 saturated carbocycles. The van der Waals surface area contributed by atoms with Crippen molar-refractivity contribution in [2.45, 2.75) is 13.3 Å². The first-order valence-electron chi connectivity index (χ1n) is 4.02. The Bertz CT molecular complexity index is 386. The van der Waals surface area contributed by atoms with E-state index in [9.17, 15) is 8.42 Å². The Morgan fingerprint density at radius 3 is 2.79 bits per heavy atom. The van der Waals surface area contributed by atoms with Crippen molar-refractivity contribution < 1.29 is 12.9 Å². The molecule has 0 atom stereocenters. The van der Waals surface area contributed by atoms with Gasteiger partial charge in [-0.25, -0.2) is 13.6 Å². The van der Waals surface area contributed by atoms with Crippen molar-refractivity contribution in [3.63, 3.8) is 0 Å². The van der Waals surface area contributed by atoms with E-state index >= 15 is 0 Å². The van der Waals surface area contributed by atoms with Gasteiger partial charge in [0.1, 0.15) is 0 Å². The summed E-state index contributed by atoms with van der Waals surface area (Å²) in [4.78, 5) is 3.88. The Balaban J connectivity index is 2.23. The van der Waals surface area contributed by atoms with Crippen molar-refractivity contribution in [3.05, 3.63) is 5.82 Å². The first-order chi connectivity index (χ1) is 6.47. The van der Waals surface area contributed by atoms with E-state index in [1.165, 1.54) is 0 Å². The first-order valence-corrected chi connectivity index (χ1v) is 5.73. The van der Waals surface area contributed by atoms with Gasteiger partial charge in [0.15, 0.2) is 5.82 Å². The fourth-order valence-corrected chi connectivity index (χ4v) is 1.38. The molecule has 0 amide bonds. The highest BCUT2D eigenvalue weighted by atomic mass is 32.2. The highest BCUT2D eigenvalue weighted by Gasteiger charge is 2.03. The monoisotopic (exact) mass is 220 g/mol. The molecule has 1 rings (SSSR count). The van der Waals surface area contributed by atoms with E-state index in [-0.39, 0.29) is 11.8 Å². The minimum atomic E-state index is -3.38. The van der Waals surface area contributed by atoms with Crippen LogP contribution in [0.15, 0.2) is 4.52 Å². The van der Waals surface area contributed by atoms with E-state index in [2.05, 4.69) is 15.5 Å². The summed E-state index contributed by atoms with van der Waals surface area (Å²) < 4.78 is 25.8. The van der Waals surface area contributed by atoms with Gasteiger partial charge >= 0.3 is 6.01 Å². The minimum Gasteiger partial charge on any atom is -0.338 e. The van der Waals surface area contributed by atoms with Gasteiger partial charge in [0.05, 0.1) is 5.75 Å². The summed E-state index contributed by atoms with van der Waals surface area (Å²) in [7, 11) is -3.38. The van der Waals surface area contributed by atoms with Gasteiger partial charge in [-0.2, -0.15) is 4.98 Å². The molecule has 0 saturated heterocycles. The predicted octanol–water partition coefficient (Wildman–Crippen LogP) is -0.531. The number of nitrogens with one attached hydrogen (secondary N) is 1. The van der Waals surface area contributed by atoms with E-state index in [0.29, 0.717) is 18.8 Å². The number of anilines is 1. The molecule has 7 nitrogen and oxygen atoms in total. The molecule has 1 heterocycles. The quantitative estimate of drug-likeness (QED) is 0.645. The second kappa shape index (κ2) is 4.38. The lowest BCUT2D eigenvalue weighted by molar-refractivity contribution is 0.425. The molecule has 1 aromatic heterocycles. The minimum absolute atomic E-state index is 0.0624. The maximum atomic E-state index is 10.5. The van der Waals surface area contributed by atoms with E-state index < -0.39 is 10.0 Å². The number of aromatic nitrogens is 2. The Kier molecular flexibility index (Phi) is 3.42. The molecule has 3 N–H and O–H groups in total. The van der Waals surface area contributed by atoms with Crippen LogP contribution < -0.4 is 10.5 Å². The molecule has 0 spiro atoms. The molecule has 0 bridgehead atoms. The molecular formula is C6H12N4O3S. The number of hydrogen-bond acceptors (Lipinski definition) is 6. The highest BCUT2D eigenvalue weighted by Crippen LogP contribution is 2.01. The van der Waals surface area contributed by atoms with Crippen molar-refractivity contribution in [1.82, 2.24) is 10.1 Å². The summed E-state index contributed by atoms with van der Waals surface area (Å²) in [6.07, 6.45) is 0.403. The molecule has 1 aromatic rings. The Labute approximate surface area is 81.7 Å². The number of aryl methyl sites for hydroxylation is 1. The van der Waals surface area contributed by atoms with E-state index in [4.69, 9.17) is 9.66 Å². The van der Waals surface area contributed by atoms with Gasteiger partial charge in [-0.15, -0.1) is 0 Å². The van der Waals surface area contributed by atoms with Crippen LogP contribution in [0.3, 0.4) is 0 Å². The van der Waals surface area contributed by atoms with Gasteiger partial charge in [0.2, 0.25) is 10.0 Å². The average Bonchev–Trinajstić information content (AvgIpc) is 2.44. The standard InChI is InChI=1S/C6H12N4O3S/c1-5-9-6(13-10-5)8-3-2-4-14(7,11)12/h2-4H2,1H3,(H2,7,11,12)(H,8,9,10). The molecule has 14 heavy (non-hydrogen) atoms. The van der Waals surface area contributed by atoms with Crippen LogP contribution in [0.2, 0.25) is 0 Å². The second-order valence-corrected chi connectivity index (χ2v) is 4.53. The number of primary sulfonamides is 1. The molecule has 0 fully saturated rings. The highest BCUT2D eigenvalue weighted by molar-refractivity contribution is 7.89. The van der Waals surface area contributed by atoms with Crippen molar-refractivity contribution in [1.29, 1.82) is 0 Å². The summed E-state index contributed by atoms with van der Waals surface area (Å²) >= 11 is 0. The number of nitrogens with zero attached hydrogens (tertiary/aromatic N) is 2. The van der Waals surface area contributed by atoms with Crippen LogP contribution in [0, 0.1) is 6.92 Å². The second-order valence-electron chi connectivity index (χ2n) is 2.79. The van der Waals surface area contributed by atoms with Crippen LogP contribution in [-0.2, 0) is 10.0 Å². The van der Waals surface area contributed by atoms with Gasteiger partial charge in [-0.3, -0.25) is 0 Å². The van der Waals surface area contributed by atoms with E-state index in [1.54, 1.807) is 6.92 Å². The molecule has 0 aliphatic heterocycles. The molecular weight excluding hydrogens is 208 g/mol. The normalized spacial score (nSPS) is 11.6. The molecule has 8 heteroatoms. The van der Waals surface area contributed by atoms with Crippen molar-refractivity contribution in [2.75, 3.05) is 17.6 Å². The molecule has 0 aromatic carbocycles. The number of sulfonamides is 1. The largest absolute Gasteiger partial charge is 0.338 e. The van der Waals surface area contributed by atoms with Crippen LogP contribution in [0.5, 0.6) is 0 Å². The van der Waals surface area contributed by atoms with Gasteiger partial charge in [0.25, 0.3) is 0 Å². The van der Waals surface area contributed by atoms with Gasteiger partial charge < -0.3 is 9.84 Å². The number of hydrogen-bond donors (Lipinski definition) is 2.